The van der Waals surface area contributed by atoms with Crippen LogP contribution >= 0.6 is 0 Å². The van der Waals surface area contributed by atoms with Crippen molar-refractivity contribution in [1.29, 1.82) is 0 Å². The lowest BCUT2D eigenvalue weighted by Gasteiger charge is -2.42. The Labute approximate surface area is 113 Å². The first-order valence-corrected chi connectivity index (χ1v) is 6.54. The molecule has 0 spiro atoms. The van der Waals surface area contributed by atoms with Crippen molar-refractivity contribution < 1.29 is 13.9 Å². The molecule has 0 aliphatic carbocycles. The van der Waals surface area contributed by atoms with Crippen LogP contribution in [-0.2, 0) is 4.74 Å². The summed E-state index contributed by atoms with van der Waals surface area (Å²) in [5.41, 5.74) is 6.31. The molecule has 4 heteroatoms. The van der Waals surface area contributed by atoms with Crippen LogP contribution in [0.3, 0.4) is 0 Å². The van der Waals surface area contributed by atoms with Crippen LogP contribution in [0.4, 0.5) is 4.39 Å². The molecule has 0 aromatic heterocycles. The molecule has 19 heavy (non-hydrogen) atoms. The maximum Gasteiger partial charge on any atom is 0.127 e. The van der Waals surface area contributed by atoms with E-state index in [4.69, 9.17) is 15.2 Å². The van der Waals surface area contributed by atoms with Gasteiger partial charge in [-0.15, -0.1) is 0 Å². The Balaban J connectivity index is 2.28. The zero-order valence-electron chi connectivity index (χ0n) is 12.0. The standard InChI is InChI=1S/C15H22FNO2/c1-14(2,18-4)9-15(3)8-12(17)11-6-5-10(16)7-13(11)19-15/h5-7,12H,8-9,17H2,1-4H3/t12-,15?/m0/s1. The van der Waals surface area contributed by atoms with E-state index >= 15 is 0 Å². The Morgan fingerprint density at radius 2 is 2.21 bits per heavy atom. The first-order valence-electron chi connectivity index (χ1n) is 6.54. The molecule has 0 saturated heterocycles. The lowest BCUT2D eigenvalue weighted by Crippen LogP contribution is -2.46. The van der Waals surface area contributed by atoms with Crippen molar-refractivity contribution in [1.82, 2.24) is 0 Å². The zero-order valence-corrected chi connectivity index (χ0v) is 12.0. The summed E-state index contributed by atoms with van der Waals surface area (Å²) in [7, 11) is 1.68. The molecule has 106 valence electrons. The van der Waals surface area contributed by atoms with Crippen LogP contribution in [0.5, 0.6) is 5.75 Å². The average molecular weight is 267 g/mol. The number of nitrogens with two attached hydrogens (primary N) is 1. The van der Waals surface area contributed by atoms with Gasteiger partial charge in [-0.05, 0) is 26.8 Å². The molecule has 1 aromatic rings. The van der Waals surface area contributed by atoms with Gasteiger partial charge in [0.1, 0.15) is 17.2 Å². The number of methoxy groups -OCH3 is 1. The van der Waals surface area contributed by atoms with E-state index in [-0.39, 0.29) is 17.5 Å². The van der Waals surface area contributed by atoms with Crippen LogP contribution in [0.1, 0.15) is 45.2 Å². The Morgan fingerprint density at radius 1 is 1.53 bits per heavy atom. The van der Waals surface area contributed by atoms with Crippen LogP contribution in [-0.4, -0.2) is 18.3 Å². The summed E-state index contributed by atoms with van der Waals surface area (Å²) in [5.74, 6) is 0.245. The van der Waals surface area contributed by atoms with Crippen molar-refractivity contribution in [2.75, 3.05) is 7.11 Å². The van der Waals surface area contributed by atoms with E-state index in [1.54, 1.807) is 13.2 Å². The van der Waals surface area contributed by atoms with E-state index in [1.807, 2.05) is 20.8 Å². The maximum atomic E-state index is 13.3. The second-order valence-corrected chi connectivity index (χ2v) is 6.19. The first-order chi connectivity index (χ1) is 8.75. The summed E-state index contributed by atoms with van der Waals surface area (Å²) in [4.78, 5) is 0. The lowest BCUT2D eigenvalue weighted by atomic mass is 9.82. The average Bonchev–Trinajstić information content (AvgIpc) is 2.26. The normalized spacial score (nSPS) is 26.7. The van der Waals surface area contributed by atoms with Gasteiger partial charge in [-0.25, -0.2) is 4.39 Å². The van der Waals surface area contributed by atoms with Gasteiger partial charge < -0.3 is 15.2 Å². The highest BCUT2D eigenvalue weighted by Crippen LogP contribution is 2.42. The molecule has 0 saturated carbocycles. The van der Waals surface area contributed by atoms with Crippen LogP contribution in [0.15, 0.2) is 18.2 Å². The third-order valence-corrected chi connectivity index (χ3v) is 3.74. The van der Waals surface area contributed by atoms with Crippen molar-refractivity contribution in [3.8, 4) is 5.75 Å². The van der Waals surface area contributed by atoms with Crippen molar-refractivity contribution in [3.63, 3.8) is 0 Å². The third kappa shape index (κ3) is 3.07. The number of hydrogen-bond acceptors (Lipinski definition) is 3. The van der Waals surface area contributed by atoms with E-state index in [0.717, 1.165) is 5.56 Å². The topological polar surface area (TPSA) is 44.5 Å². The van der Waals surface area contributed by atoms with Gasteiger partial charge in [0.25, 0.3) is 0 Å². The minimum atomic E-state index is -0.445. The summed E-state index contributed by atoms with van der Waals surface area (Å²) < 4.78 is 24.8. The molecule has 1 aliphatic rings. The van der Waals surface area contributed by atoms with Crippen LogP contribution in [0.2, 0.25) is 0 Å². The van der Waals surface area contributed by atoms with Crippen molar-refractivity contribution in [2.45, 2.75) is 50.9 Å². The second-order valence-electron chi connectivity index (χ2n) is 6.19. The lowest BCUT2D eigenvalue weighted by molar-refractivity contribution is -0.0581. The predicted octanol–water partition coefficient (Wildman–Crippen LogP) is 3.18. The summed E-state index contributed by atoms with van der Waals surface area (Å²) in [6.45, 7) is 6.02. The second kappa shape index (κ2) is 4.76. The molecule has 1 unspecified atom stereocenters. The molecule has 2 rings (SSSR count). The van der Waals surface area contributed by atoms with E-state index in [9.17, 15) is 4.39 Å². The molecule has 2 atom stereocenters. The highest BCUT2D eigenvalue weighted by molar-refractivity contribution is 5.39. The largest absolute Gasteiger partial charge is 0.487 e. The number of hydrogen-bond donors (Lipinski definition) is 1. The molecule has 1 aliphatic heterocycles. The number of benzene rings is 1. The number of fused-ring (bicyclic) bond motifs is 1. The van der Waals surface area contributed by atoms with Gasteiger partial charge >= 0.3 is 0 Å². The Morgan fingerprint density at radius 3 is 2.84 bits per heavy atom. The Bertz CT molecular complexity index is 475. The van der Waals surface area contributed by atoms with E-state index < -0.39 is 5.60 Å². The highest BCUT2D eigenvalue weighted by Gasteiger charge is 2.40. The van der Waals surface area contributed by atoms with Gasteiger partial charge in [0.15, 0.2) is 0 Å². The van der Waals surface area contributed by atoms with Crippen LogP contribution < -0.4 is 10.5 Å². The van der Waals surface area contributed by atoms with Crippen LogP contribution in [0.25, 0.3) is 0 Å². The maximum absolute atomic E-state index is 13.3. The van der Waals surface area contributed by atoms with Gasteiger partial charge in [0.05, 0.1) is 5.60 Å². The molecule has 1 aromatic carbocycles. The fraction of sp³-hybridized carbons (Fsp3) is 0.600. The van der Waals surface area contributed by atoms with E-state index in [0.29, 0.717) is 18.6 Å². The SMILES string of the molecule is COC(C)(C)CC1(C)C[C@H](N)c2ccc(F)cc2O1. The molecule has 3 nitrogen and oxygen atoms in total. The van der Waals surface area contributed by atoms with Crippen LogP contribution in [0, 0.1) is 5.82 Å². The molecule has 0 bridgehead atoms. The Hall–Kier alpha value is -1.13. The number of rotatable bonds is 3. The van der Waals surface area contributed by atoms with Crippen molar-refractivity contribution >= 4 is 0 Å². The monoisotopic (exact) mass is 267 g/mol. The number of halogens is 1. The minimum Gasteiger partial charge on any atom is -0.487 e. The van der Waals surface area contributed by atoms with Gasteiger partial charge in [-0.1, -0.05) is 6.07 Å². The van der Waals surface area contributed by atoms with Crippen molar-refractivity contribution in [2.24, 2.45) is 5.73 Å². The van der Waals surface area contributed by atoms with Crippen molar-refractivity contribution in [3.05, 3.63) is 29.6 Å². The molecular formula is C15H22FNO2. The van der Waals surface area contributed by atoms with Gasteiger partial charge in [0.2, 0.25) is 0 Å². The first kappa shape index (κ1) is 14.3. The molecular weight excluding hydrogens is 245 g/mol. The highest BCUT2D eigenvalue weighted by atomic mass is 19.1. The van der Waals surface area contributed by atoms with E-state index in [1.165, 1.54) is 12.1 Å². The molecule has 0 radical (unpaired) electrons. The van der Waals surface area contributed by atoms with Gasteiger partial charge in [-0.3, -0.25) is 0 Å². The van der Waals surface area contributed by atoms with Gasteiger partial charge in [0, 0.05) is 37.6 Å². The minimum absolute atomic E-state index is 0.137. The molecule has 0 amide bonds. The summed E-state index contributed by atoms with van der Waals surface area (Å²) in [6, 6.07) is 4.40. The summed E-state index contributed by atoms with van der Waals surface area (Å²) >= 11 is 0. The predicted molar refractivity (Wildman–Crippen MR) is 72.7 cm³/mol. The summed E-state index contributed by atoms with van der Waals surface area (Å²) in [6.07, 6.45) is 1.39. The fourth-order valence-electron chi connectivity index (χ4n) is 2.87. The smallest absolute Gasteiger partial charge is 0.127 e. The quantitative estimate of drug-likeness (QED) is 0.914. The molecule has 1 heterocycles. The number of ether oxygens (including phenoxy) is 2. The van der Waals surface area contributed by atoms with Gasteiger partial charge in [-0.2, -0.15) is 0 Å². The fourth-order valence-corrected chi connectivity index (χ4v) is 2.87. The molecule has 0 fully saturated rings. The third-order valence-electron chi connectivity index (χ3n) is 3.74. The Kier molecular flexibility index (Phi) is 3.58. The van der Waals surface area contributed by atoms with E-state index in [2.05, 4.69) is 0 Å². The summed E-state index contributed by atoms with van der Waals surface area (Å²) in [5, 5.41) is 0. The molecule has 2 N–H and O–H groups in total. The zero-order chi connectivity index (χ0) is 14.3.